The van der Waals surface area contributed by atoms with E-state index in [0.717, 1.165) is 11.3 Å². The number of thioether (sulfide) groups is 1. The minimum atomic E-state index is -0.550. The molecule has 34 heavy (non-hydrogen) atoms. The summed E-state index contributed by atoms with van der Waals surface area (Å²) in [6.45, 7) is 1.85. The normalized spacial score (nSPS) is 14.9. The summed E-state index contributed by atoms with van der Waals surface area (Å²) in [6.07, 6.45) is 0. The SMILES string of the molecule is CC1=C(C(=O)Nc2ccccc2)C(c2cccc(O)c2)n2nc(SCc3ccccc3)nc2N1. The van der Waals surface area contributed by atoms with Gasteiger partial charge in [0.1, 0.15) is 11.8 Å². The summed E-state index contributed by atoms with van der Waals surface area (Å²) in [7, 11) is 0. The molecule has 4 aromatic rings. The van der Waals surface area contributed by atoms with Gasteiger partial charge in [0.2, 0.25) is 11.1 Å². The molecular weight excluding hydrogens is 446 g/mol. The number of nitrogens with one attached hydrogen (secondary N) is 2. The Balaban J connectivity index is 1.50. The number of carbonyl (C=O) groups excluding carboxylic acids is 1. The first kappa shape index (κ1) is 21.8. The average molecular weight is 470 g/mol. The van der Waals surface area contributed by atoms with Crippen molar-refractivity contribution < 1.29 is 9.90 Å². The number of aromatic nitrogens is 3. The summed E-state index contributed by atoms with van der Waals surface area (Å²) in [5.74, 6) is 1.16. The molecule has 3 N–H and O–H groups in total. The fraction of sp³-hybridized carbons (Fsp3) is 0.115. The lowest BCUT2D eigenvalue weighted by molar-refractivity contribution is -0.113. The highest BCUT2D eigenvalue weighted by molar-refractivity contribution is 7.98. The van der Waals surface area contributed by atoms with Crippen LogP contribution < -0.4 is 10.6 Å². The van der Waals surface area contributed by atoms with E-state index < -0.39 is 6.04 Å². The number of allylic oxidation sites excluding steroid dienone is 1. The molecule has 0 fully saturated rings. The van der Waals surface area contributed by atoms with Crippen LogP contribution in [-0.4, -0.2) is 25.8 Å². The average Bonchev–Trinajstić information content (AvgIpc) is 3.25. The summed E-state index contributed by atoms with van der Waals surface area (Å²) in [6, 6.07) is 25.8. The molecule has 1 aromatic heterocycles. The molecule has 2 heterocycles. The maximum Gasteiger partial charge on any atom is 0.255 e. The highest BCUT2D eigenvalue weighted by Gasteiger charge is 2.34. The third kappa shape index (κ3) is 4.53. The Labute approximate surface area is 201 Å². The number of hydrogen-bond donors (Lipinski definition) is 3. The van der Waals surface area contributed by atoms with E-state index in [4.69, 9.17) is 5.10 Å². The van der Waals surface area contributed by atoms with Crippen molar-refractivity contribution in [3.8, 4) is 5.75 Å². The van der Waals surface area contributed by atoms with Gasteiger partial charge in [0.25, 0.3) is 5.91 Å². The number of benzene rings is 3. The number of anilines is 2. The van der Waals surface area contributed by atoms with E-state index in [1.54, 1.807) is 22.9 Å². The number of phenols is 1. The van der Waals surface area contributed by atoms with Crippen LogP contribution in [0.2, 0.25) is 0 Å². The van der Waals surface area contributed by atoms with Crippen LogP contribution in [0, 0.1) is 0 Å². The van der Waals surface area contributed by atoms with Crippen LogP contribution in [0.15, 0.2) is 101 Å². The van der Waals surface area contributed by atoms with Crippen molar-refractivity contribution in [1.82, 2.24) is 14.8 Å². The highest BCUT2D eigenvalue weighted by Crippen LogP contribution is 2.37. The van der Waals surface area contributed by atoms with E-state index in [1.807, 2.05) is 61.5 Å². The lowest BCUT2D eigenvalue weighted by Gasteiger charge is -2.28. The molecule has 7 nitrogen and oxygen atoms in total. The lowest BCUT2D eigenvalue weighted by Crippen LogP contribution is -2.31. The zero-order valence-corrected chi connectivity index (χ0v) is 19.3. The van der Waals surface area contributed by atoms with Crippen LogP contribution in [0.3, 0.4) is 0 Å². The zero-order valence-electron chi connectivity index (χ0n) is 18.5. The standard InChI is InChI=1S/C26H23N5O2S/c1-17-22(24(33)28-20-12-6-3-7-13-20)23(19-11-8-14-21(32)15-19)31-25(27-17)29-26(30-31)34-16-18-9-4-2-5-10-18/h2-15,23,32H,16H2,1H3,(H,28,33)(H,27,29,30). The Morgan fingerprint density at radius 1 is 1.06 bits per heavy atom. The number of fused-ring (bicyclic) bond motifs is 1. The van der Waals surface area contributed by atoms with E-state index in [-0.39, 0.29) is 11.7 Å². The van der Waals surface area contributed by atoms with Gasteiger partial charge in [-0.05, 0) is 42.3 Å². The molecule has 8 heteroatoms. The van der Waals surface area contributed by atoms with E-state index in [0.29, 0.717) is 28.1 Å². The van der Waals surface area contributed by atoms with Crippen molar-refractivity contribution in [2.75, 3.05) is 10.6 Å². The van der Waals surface area contributed by atoms with Crippen molar-refractivity contribution in [3.05, 3.63) is 107 Å². The highest BCUT2D eigenvalue weighted by atomic mass is 32.2. The molecule has 1 amide bonds. The molecule has 0 radical (unpaired) electrons. The maximum atomic E-state index is 13.4. The summed E-state index contributed by atoms with van der Waals surface area (Å²) >= 11 is 1.53. The smallest absolute Gasteiger partial charge is 0.255 e. The lowest BCUT2D eigenvalue weighted by atomic mass is 9.95. The number of rotatable bonds is 6. The van der Waals surface area contributed by atoms with Crippen molar-refractivity contribution in [2.45, 2.75) is 23.9 Å². The minimum Gasteiger partial charge on any atom is -0.508 e. The maximum absolute atomic E-state index is 13.4. The van der Waals surface area contributed by atoms with E-state index in [2.05, 4.69) is 27.8 Å². The van der Waals surface area contributed by atoms with Gasteiger partial charge >= 0.3 is 0 Å². The third-order valence-corrected chi connectivity index (χ3v) is 6.41. The van der Waals surface area contributed by atoms with Crippen LogP contribution in [0.4, 0.5) is 11.6 Å². The van der Waals surface area contributed by atoms with Crippen LogP contribution in [-0.2, 0) is 10.5 Å². The molecule has 5 rings (SSSR count). The Kier molecular flexibility index (Phi) is 6.05. The van der Waals surface area contributed by atoms with Gasteiger partial charge in [0.05, 0.1) is 5.57 Å². The van der Waals surface area contributed by atoms with Crippen molar-refractivity contribution >= 4 is 29.3 Å². The molecule has 1 atom stereocenters. The summed E-state index contributed by atoms with van der Waals surface area (Å²) < 4.78 is 1.72. The molecule has 1 aliphatic heterocycles. The fourth-order valence-corrected chi connectivity index (χ4v) is 4.72. The van der Waals surface area contributed by atoms with Crippen molar-refractivity contribution in [3.63, 3.8) is 0 Å². The molecule has 0 saturated carbocycles. The van der Waals surface area contributed by atoms with E-state index in [9.17, 15) is 9.90 Å². The summed E-state index contributed by atoms with van der Waals surface area (Å²) in [5, 5.41) is 21.7. The number of amides is 1. The molecule has 0 spiro atoms. The van der Waals surface area contributed by atoms with E-state index in [1.165, 1.54) is 17.3 Å². The first-order chi connectivity index (χ1) is 16.6. The van der Waals surface area contributed by atoms with Crippen LogP contribution in [0.25, 0.3) is 0 Å². The van der Waals surface area contributed by atoms with Gasteiger partial charge in [-0.2, -0.15) is 4.98 Å². The largest absolute Gasteiger partial charge is 0.508 e. The number of hydrogen-bond acceptors (Lipinski definition) is 6. The molecule has 170 valence electrons. The molecule has 3 aromatic carbocycles. The Bertz CT molecular complexity index is 1350. The van der Waals surface area contributed by atoms with Gasteiger partial charge in [0, 0.05) is 17.1 Å². The van der Waals surface area contributed by atoms with Gasteiger partial charge in [0.15, 0.2) is 0 Å². The Morgan fingerprint density at radius 2 is 1.79 bits per heavy atom. The Hall–Kier alpha value is -4.04. The number of carbonyl (C=O) groups is 1. The quantitative estimate of drug-likeness (QED) is 0.336. The summed E-state index contributed by atoms with van der Waals surface area (Å²) in [5.41, 5.74) is 3.80. The second-order valence-electron chi connectivity index (χ2n) is 7.92. The molecule has 1 unspecified atom stereocenters. The topological polar surface area (TPSA) is 92.1 Å². The number of phenolic OH excluding ortho intramolecular Hbond substituents is 1. The number of aromatic hydroxyl groups is 1. The first-order valence-electron chi connectivity index (χ1n) is 10.8. The van der Waals surface area contributed by atoms with Crippen molar-refractivity contribution in [1.29, 1.82) is 0 Å². The van der Waals surface area contributed by atoms with Crippen LogP contribution in [0.1, 0.15) is 24.1 Å². The molecular formula is C26H23N5O2S. The second kappa shape index (κ2) is 9.44. The van der Waals surface area contributed by atoms with Crippen molar-refractivity contribution in [2.24, 2.45) is 0 Å². The first-order valence-corrected chi connectivity index (χ1v) is 11.8. The van der Waals surface area contributed by atoms with Gasteiger partial charge < -0.3 is 15.7 Å². The van der Waals surface area contributed by atoms with Gasteiger partial charge in [-0.15, -0.1) is 5.10 Å². The molecule has 1 aliphatic rings. The van der Waals surface area contributed by atoms with Gasteiger partial charge in [-0.25, -0.2) is 4.68 Å². The molecule has 0 aliphatic carbocycles. The Morgan fingerprint density at radius 3 is 2.53 bits per heavy atom. The number of para-hydroxylation sites is 1. The van der Waals surface area contributed by atoms with Crippen LogP contribution in [0.5, 0.6) is 5.75 Å². The zero-order chi connectivity index (χ0) is 23.5. The van der Waals surface area contributed by atoms with Gasteiger partial charge in [-0.3, -0.25) is 4.79 Å². The predicted octanol–water partition coefficient (Wildman–Crippen LogP) is 5.20. The van der Waals surface area contributed by atoms with Crippen LogP contribution >= 0.6 is 11.8 Å². The second-order valence-corrected chi connectivity index (χ2v) is 8.86. The van der Waals surface area contributed by atoms with E-state index >= 15 is 0 Å². The predicted molar refractivity (Wildman–Crippen MR) is 134 cm³/mol. The monoisotopic (exact) mass is 469 g/mol. The molecule has 0 saturated heterocycles. The third-order valence-electron chi connectivity index (χ3n) is 5.51. The number of nitrogens with zero attached hydrogens (tertiary/aromatic N) is 3. The van der Waals surface area contributed by atoms with Gasteiger partial charge in [-0.1, -0.05) is 72.4 Å². The fourth-order valence-electron chi connectivity index (χ4n) is 3.93. The molecule has 0 bridgehead atoms. The summed E-state index contributed by atoms with van der Waals surface area (Å²) in [4.78, 5) is 18.1. The minimum absolute atomic E-state index is 0.122.